The van der Waals surface area contributed by atoms with E-state index in [1.54, 1.807) is 6.07 Å². The Morgan fingerprint density at radius 1 is 1.30 bits per heavy atom. The van der Waals surface area contributed by atoms with Crippen molar-refractivity contribution in [1.29, 1.82) is 0 Å². The zero-order chi connectivity index (χ0) is 12.5. The molecule has 5 nitrogen and oxygen atoms in total. The summed E-state index contributed by atoms with van der Waals surface area (Å²) in [6.45, 7) is 4.15. The third kappa shape index (κ3) is 3.83. The molecule has 2 heterocycles. The number of thiophene rings is 1. The van der Waals surface area contributed by atoms with Gasteiger partial charge in [0, 0.05) is 43.2 Å². The fourth-order valence-corrected chi connectivity index (χ4v) is 3.73. The molecule has 0 spiro atoms. The quantitative estimate of drug-likeness (QED) is 0.676. The molecule has 2 aliphatic rings. The molecule has 20 heavy (non-hydrogen) atoms. The fourth-order valence-electron chi connectivity index (χ4n) is 2.68. The van der Waals surface area contributed by atoms with E-state index in [2.05, 4.69) is 10.2 Å². The van der Waals surface area contributed by atoms with Crippen LogP contribution in [0.4, 0.5) is 5.00 Å². The van der Waals surface area contributed by atoms with Crippen molar-refractivity contribution in [3.63, 3.8) is 0 Å². The molecule has 2 fully saturated rings. The summed E-state index contributed by atoms with van der Waals surface area (Å²) in [5, 5.41) is 14.4. The summed E-state index contributed by atoms with van der Waals surface area (Å²) < 4.78 is 0. The Kier molecular flexibility index (Phi) is 6.68. The van der Waals surface area contributed by atoms with Crippen molar-refractivity contribution in [2.75, 3.05) is 26.2 Å². The van der Waals surface area contributed by atoms with E-state index in [-0.39, 0.29) is 34.7 Å². The van der Waals surface area contributed by atoms with Gasteiger partial charge in [-0.2, -0.15) is 0 Å². The van der Waals surface area contributed by atoms with Gasteiger partial charge in [0.1, 0.15) is 0 Å². The molecule has 1 N–H and O–H groups in total. The van der Waals surface area contributed by atoms with Crippen LogP contribution in [0.3, 0.4) is 0 Å². The molecule has 1 aliphatic heterocycles. The monoisotopic (exact) mass is 339 g/mol. The van der Waals surface area contributed by atoms with Crippen LogP contribution in [-0.2, 0) is 0 Å². The Balaban J connectivity index is 0.000001000. The number of rotatable bonds is 4. The molecule has 1 saturated carbocycles. The summed E-state index contributed by atoms with van der Waals surface area (Å²) >= 11 is 1.35. The van der Waals surface area contributed by atoms with Crippen LogP contribution in [0.5, 0.6) is 0 Å². The predicted octanol–water partition coefficient (Wildman–Crippen LogP) is 2.86. The molecule has 0 bridgehead atoms. The van der Waals surface area contributed by atoms with E-state index >= 15 is 0 Å². The highest BCUT2D eigenvalue weighted by molar-refractivity contribution is 7.15. The van der Waals surface area contributed by atoms with Gasteiger partial charge in [-0.25, -0.2) is 0 Å². The lowest BCUT2D eigenvalue weighted by Crippen LogP contribution is -2.45. The molecule has 114 valence electrons. The summed E-state index contributed by atoms with van der Waals surface area (Å²) in [6, 6.07) is 4.01. The molecule has 0 amide bonds. The minimum absolute atomic E-state index is 0. The van der Waals surface area contributed by atoms with Crippen molar-refractivity contribution in [2.24, 2.45) is 5.92 Å². The highest BCUT2D eigenvalue weighted by atomic mass is 35.5. The normalized spacial score (nSPS) is 20.6. The minimum atomic E-state index is -0.282. The van der Waals surface area contributed by atoms with Crippen LogP contribution in [0.1, 0.15) is 23.8 Å². The van der Waals surface area contributed by atoms with Gasteiger partial charge >= 0.3 is 5.00 Å². The highest BCUT2D eigenvalue weighted by Crippen LogP contribution is 2.47. The molecular formula is C12H19Cl2N3O2S. The maximum absolute atomic E-state index is 10.8. The van der Waals surface area contributed by atoms with E-state index < -0.39 is 0 Å². The standard InChI is InChI=1S/C12H17N3O2S.2ClH/c16-15(17)11-4-3-10(18-11)12(9-1-2-9)14-7-5-13-6-8-14;;/h3-4,9,12-13H,1-2,5-8H2;2*1H/t12-;;/m0../s1. The Bertz CT molecular complexity index is 448. The van der Waals surface area contributed by atoms with Crippen molar-refractivity contribution < 1.29 is 4.92 Å². The van der Waals surface area contributed by atoms with Crippen molar-refractivity contribution in [3.05, 3.63) is 27.1 Å². The van der Waals surface area contributed by atoms with E-state index in [4.69, 9.17) is 0 Å². The van der Waals surface area contributed by atoms with Crippen LogP contribution in [0.25, 0.3) is 0 Å². The van der Waals surface area contributed by atoms with Crippen molar-refractivity contribution >= 4 is 41.2 Å². The maximum Gasteiger partial charge on any atom is 0.324 e. The van der Waals surface area contributed by atoms with E-state index in [0.29, 0.717) is 12.0 Å². The first-order valence-corrected chi connectivity index (χ1v) is 7.26. The number of hydrogen-bond donors (Lipinski definition) is 1. The first-order chi connectivity index (χ1) is 8.75. The van der Waals surface area contributed by atoms with Crippen LogP contribution < -0.4 is 5.32 Å². The second-order valence-corrected chi connectivity index (χ2v) is 6.10. The summed E-state index contributed by atoms with van der Waals surface area (Å²) in [5.41, 5.74) is 0. The number of hydrogen-bond acceptors (Lipinski definition) is 5. The molecule has 3 rings (SSSR count). The lowest BCUT2D eigenvalue weighted by Gasteiger charge is -2.34. The summed E-state index contributed by atoms with van der Waals surface area (Å²) in [5.74, 6) is 0.710. The number of halogens is 2. The fraction of sp³-hybridized carbons (Fsp3) is 0.667. The van der Waals surface area contributed by atoms with E-state index in [9.17, 15) is 10.1 Å². The molecule has 0 unspecified atom stereocenters. The summed E-state index contributed by atoms with van der Waals surface area (Å²) in [6.07, 6.45) is 2.53. The molecule has 0 radical (unpaired) electrons. The van der Waals surface area contributed by atoms with E-state index in [1.807, 2.05) is 6.07 Å². The van der Waals surface area contributed by atoms with Gasteiger partial charge in [-0.1, -0.05) is 11.3 Å². The molecule has 1 atom stereocenters. The van der Waals surface area contributed by atoms with Crippen LogP contribution in [-0.4, -0.2) is 36.0 Å². The molecule has 1 aromatic rings. The molecule has 1 aliphatic carbocycles. The molecule has 1 aromatic heterocycles. The van der Waals surface area contributed by atoms with Gasteiger partial charge in [0.2, 0.25) is 0 Å². The SMILES string of the molecule is Cl.Cl.O=[N+]([O-])c1ccc([C@H](C2CC2)N2CCNCC2)s1. The smallest absolute Gasteiger partial charge is 0.314 e. The van der Waals surface area contributed by atoms with Crippen LogP contribution in [0, 0.1) is 16.0 Å². The Hall–Kier alpha value is -0.400. The topological polar surface area (TPSA) is 58.4 Å². The van der Waals surface area contributed by atoms with Gasteiger partial charge in [0.25, 0.3) is 0 Å². The number of nitro groups is 1. The van der Waals surface area contributed by atoms with Gasteiger partial charge in [-0.05, 0) is 24.8 Å². The van der Waals surface area contributed by atoms with Gasteiger partial charge < -0.3 is 5.32 Å². The summed E-state index contributed by atoms with van der Waals surface area (Å²) in [4.78, 5) is 14.2. The van der Waals surface area contributed by atoms with Crippen molar-refractivity contribution in [2.45, 2.75) is 18.9 Å². The van der Waals surface area contributed by atoms with Crippen molar-refractivity contribution in [1.82, 2.24) is 10.2 Å². The van der Waals surface area contributed by atoms with E-state index in [1.165, 1.54) is 29.1 Å². The molecule has 0 aromatic carbocycles. The Labute approximate surface area is 134 Å². The largest absolute Gasteiger partial charge is 0.324 e. The first-order valence-electron chi connectivity index (χ1n) is 6.44. The maximum atomic E-state index is 10.8. The Morgan fingerprint density at radius 2 is 1.95 bits per heavy atom. The summed E-state index contributed by atoms with van der Waals surface area (Å²) in [7, 11) is 0. The first kappa shape index (κ1) is 17.7. The van der Waals surface area contributed by atoms with Crippen LogP contribution in [0.15, 0.2) is 12.1 Å². The van der Waals surface area contributed by atoms with Gasteiger partial charge in [0.05, 0.1) is 4.92 Å². The number of nitrogens with zero attached hydrogens (tertiary/aromatic N) is 2. The van der Waals surface area contributed by atoms with Gasteiger partial charge in [0.15, 0.2) is 0 Å². The molecule has 1 saturated heterocycles. The molecule has 8 heteroatoms. The third-order valence-electron chi connectivity index (χ3n) is 3.70. The van der Waals surface area contributed by atoms with Gasteiger partial charge in [-0.15, -0.1) is 24.8 Å². The zero-order valence-corrected chi connectivity index (χ0v) is 13.4. The number of nitrogens with one attached hydrogen (secondary N) is 1. The van der Waals surface area contributed by atoms with Crippen LogP contribution in [0.2, 0.25) is 0 Å². The average Bonchev–Trinajstić information content (AvgIpc) is 3.07. The minimum Gasteiger partial charge on any atom is -0.314 e. The Morgan fingerprint density at radius 3 is 2.45 bits per heavy atom. The predicted molar refractivity (Wildman–Crippen MR) is 85.4 cm³/mol. The van der Waals surface area contributed by atoms with Gasteiger partial charge in [-0.3, -0.25) is 15.0 Å². The lowest BCUT2D eigenvalue weighted by molar-refractivity contribution is -0.380. The number of piperazine rings is 1. The van der Waals surface area contributed by atoms with Crippen LogP contribution >= 0.6 is 36.2 Å². The second-order valence-electron chi connectivity index (χ2n) is 5.00. The lowest BCUT2D eigenvalue weighted by atomic mass is 10.1. The molecular weight excluding hydrogens is 321 g/mol. The second kappa shape index (κ2) is 7.56. The zero-order valence-electron chi connectivity index (χ0n) is 11.0. The third-order valence-corrected chi connectivity index (χ3v) is 4.81. The van der Waals surface area contributed by atoms with Crippen molar-refractivity contribution in [3.8, 4) is 0 Å². The average molecular weight is 340 g/mol. The van der Waals surface area contributed by atoms with E-state index in [0.717, 1.165) is 26.2 Å². The highest BCUT2D eigenvalue weighted by Gasteiger charge is 2.38.